The van der Waals surface area contributed by atoms with Gasteiger partial charge in [0.15, 0.2) is 0 Å². The summed E-state index contributed by atoms with van der Waals surface area (Å²) in [6.45, 7) is 0. The highest BCUT2D eigenvalue weighted by Gasteiger charge is 2.80. The zero-order valence-corrected chi connectivity index (χ0v) is 13.4. The maximum Gasteiger partial charge on any atom is 0.380 e. The third kappa shape index (κ3) is 2.21. The molecule has 0 amide bonds. The van der Waals surface area contributed by atoms with E-state index in [1.54, 1.807) is 0 Å². The molecule has 0 saturated heterocycles. The lowest BCUT2D eigenvalue weighted by molar-refractivity contribution is -0.254. The van der Waals surface area contributed by atoms with Gasteiger partial charge in [0.05, 0.1) is 0 Å². The SMILES string of the molecule is FC1(F)C(c2ccccc2)=C(c2ccc(Br)cc2)C(F)(F)C1(F)F. The van der Waals surface area contributed by atoms with Crippen molar-refractivity contribution in [2.75, 3.05) is 0 Å². The quantitative estimate of drug-likeness (QED) is 0.514. The summed E-state index contributed by atoms with van der Waals surface area (Å²) in [7, 11) is 0. The molecule has 0 spiro atoms. The van der Waals surface area contributed by atoms with E-state index in [4.69, 9.17) is 0 Å². The van der Waals surface area contributed by atoms with Crippen molar-refractivity contribution in [2.45, 2.75) is 17.8 Å². The van der Waals surface area contributed by atoms with Crippen LogP contribution in [0, 0.1) is 0 Å². The van der Waals surface area contributed by atoms with Crippen molar-refractivity contribution in [3.63, 3.8) is 0 Å². The third-order valence-corrected chi connectivity index (χ3v) is 4.39. The van der Waals surface area contributed by atoms with Crippen LogP contribution in [0.4, 0.5) is 26.3 Å². The minimum Gasteiger partial charge on any atom is -0.194 e. The molecule has 0 fully saturated rings. The van der Waals surface area contributed by atoms with Gasteiger partial charge in [-0.1, -0.05) is 58.4 Å². The van der Waals surface area contributed by atoms with Crippen molar-refractivity contribution < 1.29 is 26.3 Å². The van der Waals surface area contributed by atoms with E-state index >= 15 is 0 Å². The number of allylic oxidation sites excluding steroid dienone is 2. The highest BCUT2D eigenvalue weighted by molar-refractivity contribution is 9.10. The highest BCUT2D eigenvalue weighted by atomic mass is 79.9. The van der Waals surface area contributed by atoms with Crippen molar-refractivity contribution in [2.24, 2.45) is 0 Å². The normalized spacial score (nSPS) is 21.1. The van der Waals surface area contributed by atoms with Crippen molar-refractivity contribution in [3.05, 3.63) is 70.2 Å². The second-order valence-corrected chi connectivity index (χ2v) is 6.26. The fourth-order valence-electron chi connectivity index (χ4n) is 2.70. The first-order chi connectivity index (χ1) is 11.1. The average molecular weight is 407 g/mol. The van der Waals surface area contributed by atoms with E-state index in [1.807, 2.05) is 0 Å². The van der Waals surface area contributed by atoms with Crippen LogP contribution in [-0.2, 0) is 0 Å². The predicted molar refractivity (Wildman–Crippen MR) is 82.2 cm³/mol. The van der Waals surface area contributed by atoms with Crippen LogP contribution in [0.15, 0.2) is 59.1 Å². The van der Waals surface area contributed by atoms with Crippen LogP contribution in [0.5, 0.6) is 0 Å². The van der Waals surface area contributed by atoms with E-state index in [1.165, 1.54) is 30.3 Å². The first-order valence-corrected chi connectivity index (χ1v) is 7.60. The summed E-state index contributed by atoms with van der Waals surface area (Å²) in [6.07, 6.45) is 0. The number of alkyl halides is 6. The maximum atomic E-state index is 14.3. The van der Waals surface area contributed by atoms with Gasteiger partial charge >= 0.3 is 17.8 Å². The lowest BCUT2D eigenvalue weighted by Crippen LogP contribution is -2.48. The molecule has 1 aliphatic rings. The first-order valence-electron chi connectivity index (χ1n) is 6.80. The van der Waals surface area contributed by atoms with Crippen LogP contribution in [0.2, 0.25) is 0 Å². The summed E-state index contributed by atoms with van der Waals surface area (Å²) in [5.41, 5.74) is -3.44. The summed E-state index contributed by atoms with van der Waals surface area (Å²) < 4.78 is 85.5. The molecule has 0 saturated carbocycles. The van der Waals surface area contributed by atoms with Crippen LogP contribution in [0.1, 0.15) is 11.1 Å². The van der Waals surface area contributed by atoms with Gasteiger partial charge < -0.3 is 0 Å². The molecule has 0 bridgehead atoms. The fourth-order valence-corrected chi connectivity index (χ4v) is 2.96. The van der Waals surface area contributed by atoms with Crippen LogP contribution in [0.3, 0.4) is 0 Å². The minimum absolute atomic E-state index is 0.364. The van der Waals surface area contributed by atoms with E-state index in [-0.39, 0.29) is 11.1 Å². The van der Waals surface area contributed by atoms with E-state index in [2.05, 4.69) is 15.9 Å². The Balaban J connectivity index is 2.37. The largest absolute Gasteiger partial charge is 0.380 e. The van der Waals surface area contributed by atoms with Gasteiger partial charge in [0.1, 0.15) is 0 Å². The Labute approximate surface area is 141 Å². The van der Waals surface area contributed by atoms with E-state index < -0.39 is 28.9 Å². The molecule has 0 unspecified atom stereocenters. The molecule has 126 valence electrons. The second kappa shape index (κ2) is 5.37. The van der Waals surface area contributed by atoms with Crippen molar-refractivity contribution in [1.82, 2.24) is 0 Å². The summed E-state index contributed by atoms with van der Waals surface area (Å²) in [5.74, 6) is -15.5. The summed E-state index contributed by atoms with van der Waals surface area (Å²) >= 11 is 3.09. The van der Waals surface area contributed by atoms with E-state index in [0.29, 0.717) is 4.47 Å². The molecule has 7 heteroatoms. The summed E-state index contributed by atoms with van der Waals surface area (Å²) in [4.78, 5) is 0. The van der Waals surface area contributed by atoms with Gasteiger partial charge in [-0.05, 0) is 23.3 Å². The minimum atomic E-state index is -5.52. The summed E-state index contributed by atoms with van der Waals surface area (Å²) in [5, 5.41) is 0. The molecule has 0 heterocycles. The number of rotatable bonds is 2. The lowest BCUT2D eigenvalue weighted by atomic mass is 9.95. The molecule has 0 radical (unpaired) electrons. The van der Waals surface area contributed by atoms with Crippen molar-refractivity contribution in [1.29, 1.82) is 0 Å². The van der Waals surface area contributed by atoms with Gasteiger partial charge in [0.25, 0.3) is 0 Å². The lowest BCUT2D eigenvalue weighted by Gasteiger charge is -2.25. The van der Waals surface area contributed by atoms with E-state index in [9.17, 15) is 26.3 Å². The molecule has 0 N–H and O–H groups in total. The second-order valence-electron chi connectivity index (χ2n) is 5.35. The molecule has 2 aromatic rings. The Morgan fingerprint density at radius 2 is 1.00 bits per heavy atom. The van der Waals surface area contributed by atoms with Gasteiger partial charge in [0.2, 0.25) is 0 Å². The maximum absolute atomic E-state index is 14.3. The third-order valence-electron chi connectivity index (χ3n) is 3.86. The molecule has 0 nitrogen and oxygen atoms in total. The number of benzene rings is 2. The topological polar surface area (TPSA) is 0 Å². The molecular formula is C17H9BrF6. The van der Waals surface area contributed by atoms with Gasteiger partial charge in [-0.3, -0.25) is 0 Å². The van der Waals surface area contributed by atoms with E-state index in [0.717, 1.165) is 24.3 Å². The standard InChI is InChI=1S/C17H9BrF6/c18-12-8-6-11(7-9-12)14-13(10-4-2-1-3-5-10)15(19,20)17(23,24)16(14,21)22/h1-9H. The molecule has 24 heavy (non-hydrogen) atoms. The number of hydrogen-bond donors (Lipinski definition) is 0. The Kier molecular flexibility index (Phi) is 3.82. The first kappa shape index (κ1) is 17.1. The predicted octanol–water partition coefficient (Wildman–Crippen LogP) is 6.28. The summed E-state index contributed by atoms with van der Waals surface area (Å²) in [6, 6.07) is 11.2. The smallest absolute Gasteiger partial charge is 0.194 e. The van der Waals surface area contributed by atoms with Gasteiger partial charge in [-0.25, -0.2) is 0 Å². The monoisotopic (exact) mass is 406 g/mol. The van der Waals surface area contributed by atoms with Crippen LogP contribution in [0.25, 0.3) is 11.1 Å². The molecule has 0 aromatic heterocycles. The van der Waals surface area contributed by atoms with Gasteiger partial charge in [0, 0.05) is 15.6 Å². The Bertz CT molecular complexity index is 794. The Hall–Kier alpha value is -1.76. The number of hydrogen-bond acceptors (Lipinski definition) is 0. The van der Waals surface area contributed by atoms with Crippen LogP contribution >= 0.6 is 15.9 Å². The molecule has 0 aliphatic heterocycles. The van der Waals surface area contributed by atoms with Crippen molar-refractivity contribution >= 4 is 27.1 Å². The van der Waals surface area contributed by atoms with Crippen LogP contribution in [-0.4, -0.2) is 17.8 Å². The Morgan fingerprint density at radius 1 is 0.583 bits per heavy atom. The van der Waals surface area contributed by atoms with Gasteiger partial charge in [-0.15, -0.1) is 0 Å². The zero-order valence-electron chi connectivity index (χ0n) is 11.8. The molecule has 1 aliphatic carbocycles. The fraction of sp³-hybridized carbons (Fsp3) is 0.176. The molecule has 3 rings (SSSR count). The number of halogens is 7. The molecular weight excluding hydrogens is 398 g/mol. The Morgan fingerprint density at radius 3 is 1.46 bits per heavy atom. The zero-order chi connectivity index (χ0) is 17.8. The molecule has 0 atom stereocenters. The highest BCUT2D eigenvalue weighted by Crippen LogP contribution is 2.64. The van der Waals surface area contributed by atoms with Gasteiger partial charge in [-0.2, -0.15) is 26.3 Å². The average Bonchev–Trinajstić information content (AvgIpc) is 2.63. The van der Waals surface area contributed by atoms with Crippen molar-refractivity contribution in [3.8, 4) is 0 Å². The molecule has 2 aromatic carbocycles. The van der Waals surface area contributed by atoms with Crippen LogP contribution < -0.4 is 0 Å².